The van der Waals surface area contributed by atoms with Crippen molar-refractivity contribution in [3.05, 3.63) is 29.0 Å². The Morgan fingerprint density at radius 2 is 2.06 bits per heavy atom. The van der Waals surface area contributed by atoms with Crippen molar-refractivity contribution in [1.29, 1.82) is 0 Å². The third kappa shape index (κ3) is 2.92. The molecule has 1 aromatic carbocycles. The van der Waals surface area contributed by atoms with E-state index in [1.807, 2.05) is 6.07 Å². The molecule has 94 valence electrons. The third-order valence-corrected chi connectivity index (χ3v) is 4.29. The summed E-state index contributed by atoms with van der Waals surface area (Å²) in [5.41, 5.74) is 0.831. The van der Waals surface area contributed by atoms with Crippen LogP contribution in [0, 0.1) is 17.7 Å². The number of rotatable bonds is 2. The minimum absolute atomic E-state index is 0.181. The van der Waals surface area contributed by atoms with Crippen LogP contribution in [0.1, 0.15) is 33.1 Å². The van der Waals surface area contributed by atoms with Crippen molar-refractivity contribution in [3.63, 3.8) is 0 Å². The summed E-state index contributed by atoms with van der Waals surface area (Å²) in [5, 5.41) is 3.61. The molecule has 0 radical (unpaired) electrons. The fourth-order valence-corrected chi connectivity index (χ4v) is 2.70. The lowest BCUT2D eigenvalue weighted by molar-refractivity contribution is 0.253. The summed E-state index contributed by atoms with van der Waals surface area (Å²) >= 11 is 5.67. The Kier molecular flexibility index (Phi) is 3.93. The lowest BCUT2D eigenvalue weighted by Gasteiger charge is -2.35. The molecule has 1 aliphatic carbocycles. The van der Waals surface area contributed by atoms with Crippen molar-refractivity contribution in [2.75, 3.05) is 5.32 Å². The van der Waals surface area contributed by atoms with E-state index >= 15 is 0 Å². The maximum atomic E-state index is 13.3. The fraction of sp³-hybridized carbons (Fsp3) is 0.571. The van der Waals surface area contributed by atoms with Crippen LogP contribution in [0.4, 0.5) is 10.1 Å². The Balaban J connectivity index is 2.07. The van der Waals surface area contributed by atoms with E-state index < -0.39 is 0 Å². The van der Waals surface area contributed by atoms with E-state index in [0.29, 0.717) is 12.0 Å². The van der Waals surface area contributed by atoms with Crippen molar-refractivity contribution in [2.45, 2.75) is 39.2 Å². The molecular formula is C14H19ClFN. The lowest BCUT2D eigenvalue weighted by atomic mass is 9.78. The molecule has 17 heavy (non-hydrogen) atoms. The third-order valence-electron chi connectivity index (χ3n) is 3.98. The summed E-state index contributed by atoms with van der Waals surface area (Å²) in [6, 6.07) is 5.38. The Morgan fingerprint density at radius 3 is 2.76 bits per heavy atom. The highest BCUT2D eigenvalue weighted by atomic mass is 35.5. The van der Waals surface area contributed by atoms with Crippen LogP contribution in [0.25, 0.3) is 0 Å². The molecular weight excluding hydrogens is 237 g/mol. The molecule has 3 atom stereocenters. The first-order valence-electron chi connectivity index (χ1n) is 6.29. The smallest absolute Gasteiger partial charge is 0.143 e. The van der Waals surface area contributed by atoms with Gasteiger partial charge in [-0.2, -0.15) is 0 Å². The first-order chi connectivity index (χ1) is 8.08. The number of hydrogen-bond donors (Lipinski definition) is 1. The maximum absolute atomic E-state index is 13.3. The number of nitrogens with one attached hydrogen (secondary N) is 1. The second kappa shape index (κ2) is 5.26. The van der Waals surface area contributed by atoms with E-state index in [0.717, 1.165) is 18.0 Å². The molecule has 2 rings (SSSR count). The zero-order valence-electron chi connectivity index (χ0n) is 10.3. The molecule has 1 saturated carbocycles. The molecule has 1 nitrogen and oxygen atoms in total. The van der Waals surface area contributed by atoms with Gasteiger partial charge in [0.05, 0.1) is 5.02 Å². The summed E-state index contributed by atoms with van der Waals surface area (Å²) in [5.74, 6) is 1.01. The van der Waals surface area contributed by atoms with Gasteiger partial charge in [0.25, 0.3) is 0 Å². The van der Waals surface area contributed by atoms with Gasteiger partial charge in [0.2, 0.25) is 0 Å². The molecule has 1 aromatic rings. The van der Waals surface area contributed by atoms with Crippen LogP contribution in [0.2, 0.25) is 5.02 Å². The highest BCUT2D eigenvalue weighted by molar-refractivity contribution is 6.30. The SMILES string of the molecule is CC1CCCC(Nc2ccc(Cl)c(F)c2)C1C. The summed E-state index contributed by atoms with van der Waals surface area (Å²) in [4.78, 5) is 0. The lowest BCUT2D eigenvalue weighted by Crippen LogP contribution is -2.34. The van der Waals surface area contributed by atoms with Crippen molar-refractivity contribution >= 4 is 17.3 Å². The number of benzene rings is 1. The van der Waals surface area contributed by atoms with Crippen LogP contribution in [0.3, 0.4) is 0 Å². The quantitative estimate of drug-likeness (QED) is 0.807. The minimum Gasteiger partial charge on any atom is -0.382 e. The van der Waals surface area contributed by atoms with Gasteiger partial charge in [0, 0.05) is 11.7 Å². The Bertz CT molecular complexity index is 394. The minimum atomic E-state index is -0.354. The second-order valence-electron chi connectivity index (χ2n) is 5.15. The molecule has 0 amide bonds. The van der Waals surface area contributed by atoms with E-state index in [4.69, 9.17) is 11.6 Å². The number of halogens is 2. The Morgan fingerprint density at radius 1 is 1.29 bits per heavy atom. The molecule has 3 unspecified atom stereocenters. The van der Waals surface area contributed by atoms with Crippen LogP contribution in [0.15, 0.2) is 18.2 Å². The maximum Gasteiger partial charge on any atom is 0.143 e. The van der Waals surface area contributed by atoms with E-state index in [1.54, 1.807) is 6.07 Å². The molecule has 0 spiro atoms. The molecule has 0 aromatic heterocycles. The number of anilines is 1. The highest BCUT2D eigenvalue weighted by Gasteiger charge is 2.26. The van der Waals surface area contributed by atoms with Crippen molar-refractivity contribution in [1.82, 2.24) is 0 Å². The van der Waals surface area contributed by atoms with Gasteiger partial charge in [-0.25, -0.2) is 4.39 Å². The largest absolute Gasteiger partial charge is 0.382 e. The van der Waals surface area contributed by atoms with E-state index in [2.05, 4.69) is 19.2 Å². The van der Waals surface area contributed by atoms with Crippen molar-refractivity contribution in [3.8, 4) is 0 Å². The van der Waals surface area contributed by atoms with Crippen LogP contribution < -0.4 is 5.32 Å². The average Bonchev–Trinajstić information content (AvgIpc) is 2.30. The predicted molar refractivity (Wildman–Crippen MR) is 71.0 cm³/mol. The van der Waals surface area contributed by atoms with Gasteiger partial charge in [-0.15, -0.1) is 0 Å². The second-order valence-corrected chi connectivity index (χ2v) is 5.55. The predicted octanol–water partition coefficient (Wildman–Crippen LogP) is 4.72. The Labute approximate surface area is 107 Å². The highest BCUT2D eigenvalue weighted by Crippen LogP contribution is 2.32. The van der Waals surface area contributed by atoms with Crippen LogP contribution in [-0.4, -0.2) is 6.04 Å². The molecule has 1 N–H and O–H groups in total. The van der Waals surface area contributed by atoms with Crippen LogP contribution >= 0.6 is 11.6 Å². The summed E-state index contributed by atoms with van der Waals surface area (Å²) in [6.45, 7) is 4.56. The normalized spacial score (nSPS) is 29.1. The standard InChI is InChI=1S/C14H19ClFN/c1-9-4-3-5-14(10(9)2)17-11-6-7-12(15)13(16)8-11/h6-10,14,17H,3-5H2,1-2H3. The van der Waals surface area contributed by atoms with Crippen LogP contribution in [0.5, 0.6) is 0 Å². The van der Waals surface area contributed by atoms with Gasteiger partial charge in [-0.05, 0) is 36.5 Å². The topological polar surface area (TPSA) is 12.0 Å². The molecule has 0 aliphatic heterocycles. The first-order valence-corrected chi connectivity index (χ1v) is 6.67. The van der Waals surface area contributed by atoms with Gasteiger partial charge >= 0.3 is 0 Å². The van der Waals surface area contributed by atoms with E-state index in [1.165, 1.54) is 18.9 Å². The van der Waals surface area contributed by atoms with Gasteiger partial charge in [0.15, 0.2) is 0 Å². The number of hydrogen-bond acceptors (Lipinski definition) is 1. The van der Waals surface area contributed by atoms with Crippen LogP contribution in [-0.2, 0) is 0 Å². The summed E-state index contributed by atoms with van der Waals surface area (Å²) in [6.07, 6.45) is 3.71. The zero-order valence-corrected chi connectivity index (χ0v) is 11.1. The van der Waals surface area contributed by atoms with Gasteiger partial charge in [-0.3, -0.25) is 0 Å². The van der Waals surface area contributed by atoms with Crippen molar-refractivity contribution < 1.29 is 4.39 Å². The summed E-state index contributed by atoms with van der Waals surface area (Å²) in [7, 11) is 0. The summed E-state index contributed by atoms with van der Waals surface area (Å²) < 4.78 is 13.3. The molecule has 0 heterocycles. The molecule has 3 heteroatoms. The van der Waals surface area contributed by atoms with Crippen molar-refractivity contribution in [2.24, 2.45) is 11.8 Å². The molecule has 0 saturated heterocycles. The Hall–Kier alpha value is -0.760. The first kappa shape index (κ1) is 12.7. The molecule has 1 aliphatic rings. The zero-order chi connectivity index (χ0) is 12.4. The average molecular weight is 256 g/mol. The monoisotopic (exact) mass is 255 g/mol. The van der Waals surface area contributed by atoms with Gasteiger partial charge in [-0.1, -0.05) is 38.3 Å². The van der Waals surface area contributed by atoms with E-state index in [-0.39, 0.29) is 10.8 Å². The van der Waals surface area contributed by atoms with Gasteiger partial charge < -0.3 is 5.32 Å². The fourth-order valence-electron chi connectivity index (χ4n) is 2.59. The molecule has 0 bridgehead atoms. The van der Waals surface area contributed by atoms with E-state index in [9.17, 15) is 4.39 Å². The molecule has 1 fully saturated rings. The van der Waals surface area contributed by atoms with Gasteiger partial charge in [0.1, 0.15) is 5.82 Å².